The summed E-state index contributed by atoms with van der Waals surface area (Å²) in [6.07, 6.45) is -4.43. The molecule has 0 spiro atoms. The number of hydrogen-bond donors (Lipinski definition) is 2. The van der Waals surface area contributed by atoms with E-state index in [4.69, 9.17) is 5.73 Å². The van der Waals surface area contributed by atoms with Crippen LogP contribution in [0.3, 0.4) is 0 Å². The highest BCUT2D eigenvalue weighted by Gasteiger charge is 2.31. The molecule has 19 heavy (non-hydrogen) atoms. The van der Waals surface area contributed by atoms with E-state index >= 15 is 0 Å². The summed E-state index contributed by atoms with van der Waals surface area (Å²) in [5.74, 6) is -0.0541. The lowest BCUT2D eigenvalue weighted by Gasteiger charge is -2.11. The lowest BCUT2D eigenvalue weighted by atomic mass is 10.2. The van der Waals surface area contributed by atoms with E-state index in [0.717, 1.165) is 17.7 Å². The summed E-state index contributed by atoms with van der Waals surface area (Å²) in [5.41, 5.74) is 5.51. The number of anilines is 2. The van der Waals surface area contributed by atoms with Gasteiger partial charge in [0.2, 0.25) is 0 Å². The summed E-state index contributed by atoms with van der Waals surface area (Å²) in [5, 5.41) is 2.82. The number of hydrogen-bond acceptors (Lipinski definition) is 3. The summed E-state index contributed by atoms with van der Waals surface area (Å²) < 4.78 is 37.8. The molecule has 3 N–H and O–H groups in total. The van der Waals surface area contributed by atoms with Gasteiger partial charge in [-0.2, -0.15) is 13.2 Å². The topological polar surface area (TPSA) is 50.9 Å². The smallest absolute Gasteiger partial charge is 0.384 e. The highest BCUT2D eigenvalue weighted by molar-refractivity contribution is 5.47. The van der Waals surface area contributed by atoms with Crippen molar-refractivity contribution in [1.82, 2.24) is 4.98 Å². The predicted octanol–water partition coefficient (Wildman–Crippen LogP) is 3.29. The van der Waals surface area contributed by atoms with Gasteiger partial charge >= 0.3 is 6.18 Å². The minimum atomic E-state index is -4.43. The highest BCUT2D eigenvalue weighted by Crippen LogP contribution is 2.31. The molecule has 0 radical (unpaired) electrons. The summed E-state index contributed by atoms with van der Waals surface area (Å²) in [6, 6.07) is 11.1. The Bertz CT molecular complexity index is 553. The van der Waals surface area contributed by atoms with Crippen LogP contribution >= 0.6 is 0 Å². The molecule has 0 atom stereocenters. The molecule has 6 heteroatoms. The molecule has 0 unspecified atom stereocenters. The number of nitrogens with one attached hydrogen (secondary N) is 1. The fourth-order valence-electron chi connectivity index (χ4n) is 1.59. The largest absolute Gasteiger partial charge is 0.416 e. The first kappa shape index (κ1) is 13.2. The molecule has 1 aromatic heterocycles. The molecule has 3 nitrogen and oxygen atoms in total. The number of halogens is 3. The molecular weight excluding hydrogens is 255 g/mol. The summed E-state index contributed by atoms with van der Waals surface area (Å²) >= 11 is 0. The average molecular weight is 267 g/mol. The first-order valence-electron chi connectivity index (χ1n) is 5.58. The summed E-state index contributed by atoms with van der Waals surface area (Å²) in [6.45, 7) is 0.384. The van der Waals surface area contributed by atoms with E-state index in [1.165, 1.54) is 0 Å². The van der Waals surface area contributed by atoms with Crippen molar-refractivity contribution in [3.63, 3.8) is 0 Å². The molecule has 0 bridgehead atoms. The van der Waals surface area contributed by atoms with Crippen molar-refractivity contribution in [1.29, 1.82) is 0 Å². The third-order valence-corrected chi connectivity index (χ3v) is 2.49. The van der Waals surface area contributed by atoms with Crippen molar-refractivity contribution in [2.24, 2.45) is 0 Å². The maximum atomic E-state index is 12.6. The monoisotopic (exact) mass is 267 g/mol. The lowest BCUT2D eigenvalue weighted by molar-refractivity contribution is -0.137. The molecule has 1 aromatic carbocycles. The van der Waals surface area contributed by atoms with Gasteiger partial charge in [0.05, 0.1) is 5.56 Å². The molecule has 0 fully saturated rings. The van der Waals surface area contributed by atoms with Crippen molar-refractivity contribution in [2.45, 2.75) is 12.7 Å². The number of pyridine rings is 1. The van der Waals surface area contributed by atoms with E-state index in [-0.39, 0.29) is 11.6 Å². The highest BCUT2D eigenvalue weighted by atomic mass is 19.4. The zero-order valence-electron chi connectivity index (χ0n) is 9.91. The number of aromatic nitrogens is 1. The van der Waals surface area contributed by atoms with Gasteiger partial charge in [0.25, 0.3) is 0 Å². The van der Waals surface area contributed by atoms with E-state index in [0.29, 0.717) is 6.54 Å². The Labute approximate surface area is 108 Å². The SMILES string of the molecule is Nc1cc(C(F)(F)F)cc(NCc2ccccc2)n1. The fourth-order valence-corrected chi connectivity index (χ4v) is 1.59. The first-order valence-corrected chi connectivity index (χ1v) is 5.58. The Hall–Kier alpha value is -2.24. The molecule has 100 valence electrons. The second-order valence-electron chi connectivity index (χ2n) is 4.00. The molecular formula is C13H12F3N3. The van der Waals surface area contributed by atoms with Gasteiger partial charge in [-0.25, -0.2) is 4.98 Å². The number of nitrogens with two attached hydrogens (primary N) is 1. The second-order valence-corrected chi connectivity index (χ2v) is 4.00. The molecule has 0 saturated carbocycles. The molecule has 0 amide bonds. The van der Waals surface area contributed by atoms with Crippen LogP contribution in [-0.2, 0) is 12.7 Å². The van der Waals surface area contributed by atoms with Gasteiger partial charge in [-0.1, -0.05) is 30.3 Å². The summed E-state index contributed by atoms with van der Waals surface area (Å²) in [7, 11) is 0. The van der Waals surface area contributed by atoms with Gasteiger partial charge in [-0.05, 0) is 17.7 Å². The van der Waals surface area contributed by atoms with Gasteiger partial charge in [0.15, 0.2) is 0 Å². The van der Waals surface area contributed by atoms with Crippen LogP contribution in [0.1, 0.15) is 11.1 Å². The van der Waals surface area contributed by atoms with Crippen LogP contribution in [0.25, 0.3) is 0 Å². The van der Waals surface area contributed by atoms with Crippen molar-refractivity contribution >= 4 is 11.6 Å². The van der Waals surface area contributed by atoms with Gasteiger partial charge < -0.3 is 11.1 Å². The van der Waals surface area contributed by atoms with Gasteiger partial charge in [0, 0.05) is 6.54 Å². The molecule has 1 heterocycles. The number of nitrogen functional groups attached to an aromatic ring is 1. The van der Waals surface area contributed by atoms with Crippen molar-refractivity contribution in [3.05, 3.63) is 53.6 Å². The number of alkyl halides is 3. The molecule has 0 aliphatic carbocycles. The predicted molar refractivity (Wildman–Crippen MR) is 67.4 cm³/mol. The van der Waals surface area contributed by atoms with E-state index < -0.39 is 11.7 Å². The Balaban J connectivity index is 2.15. The zero-order valence-corrected chi connectivity index (χ0v) is 9.91. The number of nitrogens with zero attached hydrogens (tertiary/aromatic N) is 1. The minimum absolute atomic E-state index is 0.108. The molecule has 0 saturated heterocycles. The zero-order chi connectivity index (χ0) is 13.9. The fraction of sp³-hybridized carbons (Fsp3) is 0.154. The standard InChI is InChI=1S/C13H12F3N3/c14-13(15,16)10-6-11(17)19-12(7-10)18-8-9-4-2-1-3-5-9/h1-7H,8H2,(H3,17,18,19). The van der Waals surface area contributed by atoms with Crippen molar-refractivity contribution in [2.75, 3.05) is 11.1 Å². The molecule has 0 aliphatic rings. The molecule has 2 rings (SSSR count). The van der Waals surface area contributed by atoms with Crippen LogP contribution in [0.5, 0.6) is 0 Å². The van der Waals surface area contributed by atoms with Gasteiger partial charge in [-0.15, -0.1) is 0 Å². The normalized spacial score (nSPS) is 11.3. The maximum Gasteiger partial charge on any atom is 0.416 e. The van der Waals surface area contributed by atoms with Crippen LogP contribution in [0.2, 0.25) is 0 Å². The third kappa shape index (κ3) is 3.61. The third-order valence-electron chi connectivity index (χ3n) is 2.49. The van der Waals surface area contributed by atoms with Gasteiger partial charge in [-0.3, -0.25) is 0 Å². The summed E-state index contributed by atoms with van der Waals surface area (Å²) in [4.78, 5) is 3.83. The van der Waals surface area contributed by atoms with Crippen LogP contribution in [0, 0.1) is 0 Å². The van der Waals surface area contributed by atoms with Crippen LogP contribution in [0.15, 0.2) is 42.5 Å². The minimum Gasteiger partial charge on any atom is -0.384 e. The van der Waals surface area contributed by atoms with Crippen LogP contribution in [-0.4, -0.2) is 4.98 Å². The number of rotatable bonds is 3. The Morgan fingerprint density at radius 3 is 2.42 bits per heavy atom. The Kier molecular flexibility index (Phi) is 3.59. The second kappa shape index (κ2) is 5.17. The average Bonchev–Trinajstić information content (AvgIpc) is 2.36. The van der Waals surface area contributed by atoms with Crippen LogP contribution < -0.4 is 11.1 Å². The Morgan fingerprint density at radius 1 is 1.11 bits per heavy atom. The maximum absolute atomic E-state index is 12.6. The quantitative estimate of drug-likeness (QED) is 0.897. The molecule has 2 aromatic rings. The van der Waals surface area contributed by atoms with E-state index in [2.05, 4.69) is 10.3 Å². The van der Waals surface area contributed by atoms with E-state index in [9.17, 15) is 13.2 Å². The lowest BCUT2D eigenvalue weighted by Crippen LogP contribution is -2.09. The molecule has 0 aliphatic heterocycles. The van der Waals surface area contributed by atoms with Crippen molar-refractivity contribution < 1.29 is 13.2 Å². The Morgan fingerprint density at radius 2 is 1.79 bits per heavy atom. The van der Waals surface area contributed by atoms with Crippen LogP contribution in [0.4, 0.5) is 24.8 Å². The van der Waals surface area contributed by atoms with Crippen molar-refractivity contribution in [3.8, 4) is 0 Å². The van der Waals surface area contributed by atoms with Gasteiger partial charge in [0.1, 0.15) is 11.6 Å². The van der Waals surface area contributed by atoms with E-state index in [1.54, 1.807) is 0 Å². The number of benzene rings is 1. The first-order chi connectivity index (χ1) is 8.95. The van der Waals surface area contributed by atoms with E-state index in [1.807, 2.05) is 30.3 Å².